The fourth-order valence-electron chi connectivity index (χ4n) is 6.21. The van der Waals surface area contributed by atoms with E-state index in [4.69, 9.17) is 0 Å². The predicted molar refractivity (Wildman–Crippen MR) is 118 cm³/mol. The van der Waals surface area contributed by atoms with Gasteiger partial charge in [-0.05, 0) is 72.3 Å². The van der Waals surface area contributed by atoms with Gasteiger partial charge in [0.25, 0.3) is 0 Å². The van der Waals surface area contributed by atoms with Gasteiger partial charge in [-0.15, -0.1) is 0 Å². The second kappa shape index (κ2) is 6.72. The van der Waals surface area contributed by atoms with E-state index in [9.17, 15) is 16.8 Å². The summed E-state index contributed by atoms with van der Waals surface area (Å²) >= 11 is 0. The maximum atomic E-state index is 12.3. The minimum absolute atomic E-state index is 0.195. The highest BCUT2D eigenvalue weighted by Gasteiger charge is 2.54. The van der Waals surface area contributed by atoms with Gasteiger partial charge in [-0.25, -0.2) is 16.8 Å². The molecule has 0 aromatic heterocycles. The van der Waals surface area contributed by atoms with E-state index < -0.39 is 20.0 Å². The molecule has 30 heavy (non-hydrogen) atoms. The molecule has 1 aliphatic heterocycles. The molecule has 160 valence electrons. The van der Waals surface area contributed by atoms with E-state index in [1.807, 2.05) is 12.1 Å². The molecule has 0 spiro atoms. The molecule has 0 radical (unpaired) electrons. The van der Waals surface area contributed by atoms with Crippen LogP contribution in [0.2, 0.25) is 0 Å². The molecular formula is C22H26N2O4S2. The summed E-state index contributed by atoms with van der Waals surface area (Å²) in [4.78, 5) is 0. The summed E-state index contributed by atoms with van der Waals surface area (Å²) in [6, 6.07) is 15.9. The Kier molecular flexibility index (Phi) is 4.45. The van der Waals surface area contributed by atoms with Gasteiger partial charge in [0.15, 0.2) is 0 Å². The van der Waals surface area contributed by atoms with E-state index in [0.29, 0.717) is 27.4 Å². The smallest absolute Gasteiger partial charge is 0.245 e. The molecule has 6 nitrogen and oxygen atoms in total. The van der Waals surface area contributed by atoms with Crippen molar-refractivity contribution in [3.63, 3.8) is 0 Å². The number of rotatable bonds is 4. The fraction of sp³-hybridized carbons (Fsp3) is 0.455. The predicted octanol–water partition coefficient (Wildman–Crippen LogP) is 3.71. The maximum Gasteiger partial charge on any atom is 0.245 e. The van der Waals surface area contributed by atoms with Crippen molar-refractivity contribution in [3.8, 4) is 0 Å². The van der Waals surface area contributed by atoms with Crippen LogP contribution in [0.5, 0.6) is 0 Å². The van der Waals surface area contributed by atoms with Crippen molar-refractivity contribution >= 4 is 31.4 Å². The Morgan fingerprint density at radius 2 is 1.57 bits per heavy atom. The van der Waals surface area contributed by atoms with Gasteiger partial charge in [-0.2, -0.15) is 3.71 Å². The van der Waals surface area contributed by atoms with E-state index >= 15 is 0 Å². The SMILES string of the molecule is CS(=O)(=O)N(c1ccc2c(c1)C1C3CCC(C3)C1C(c1ccccc1)N2)S(C)(=O)=O. The van der Waals surface area contributed by atoms with E-state index in [0.717, 1.165) is 23.8 Å². The average Bonchev–Trinajstić information content (AvgIpc) is 3.28. The van der Waals surface area contributed by atoms with Gasteiger partial charge in [0.05, 0.1) is 24.2 Å². The van der Waals surface area contributed by atoms with Crippen LogP contribution < -0.4 is 9.03 Å². The lowest BCUT2D eigenvalue weighted by atomic mass is 9.68. The first kappa shape index (κ1) is 19.9. The summed E-state index contributed by atoms with van der Waals surface area (Å²) in [6.07, 6.45) is 5.45. The second-order valence-electron chi connectivity index (χ2n) is 8.96. The molecule has 2 saturated carbocycles. The standard InChI is InChI=1S/C22H26N2O4S2/c1-29(25,26)24(30(2,27)28)17-10-11-19-18(13-17)20-15-8-9-16(12-15)21(20)22(23-19)14-6-4-3-5-7-14/h3-7,10-11,13,15-16,20-23H,8-9,12H2,1-2H3. The first-order valence-corrected chi connectivity index (χ1v) is 14.0. The molecule has 5 atom stereocenters. The average molecular weight is 447 g/mol. The number of hydrogen-bond donors (Lipinski definition) is 1. The third-order valence-electron chi connectivity index (χ3n) is 7.04. The molecule has 0 amide bonds. The molecule has 1 N–H and O–H groups in total. The molecule has 2 aliphatic carbocycles. The van der Waals surface area contributed by atoms with Crippen molar-refractivity contribution in [1.29, 1.82) is 0 Å². The van der Waals surface area contributed by atoms with Gasteiger partial charge >= 0.3 is 0 Å². The Bertz CT molecular complexity index is 1160. The monoisotopic (exact) mass is 446 g/mol. The quantitative estimate of drug-likeness (QED) is 0.774. The summed E-state index contributed by atoms with van der Waals surface area (Å²) in [5.41, 5.74) is 3.49. The minimum Gasteiger partial charge on any atom is -0.378 e. The van der Waals surface area contributed by atoms with Crippen LogP contribution in [0.15, 0.2) is 48.5 Å². The van der Waals surface area contributed by atoms with E-state index in [-0.39, 0.29) is 11.7 Å². The Morgan fingerprint density at radius 3 is 2.23 bits per heavy atom. The minimum atomic E-state index is -3.96. The van der Waals surface area contributed by atoms with E-state index in [1.54, 1.807) is 12.1 Å². The third kappa shape index (κ3) is 3.12. The molecular weight excluding hydrogens is 420 g/mol. The second-order valence-corrected chi connectivity index (χ2v) is 12.9. The maximum absolute atomic E-state index is 12.3. The Morgan fingerprint density at radius 1 is 0.900 bits per heavy atom. The summed E-state index contributed by atoms with van der Waals surface area (Å²) in [5, 5.41) is 3.70. The number of hydrogen-bond acceptors (Lipinski definition) is 5. The lowest BCUT2D eigenvalue weighted by Crippen LogP contribution is -2.37. The summed E-state index contributed by atoms with van der Waals surface area (Å²) in [7, 11) is -7.93. The molecule has 2 bridgehead atoms. The number of nitrogens with zero attached hydrogens (tertiary/aromatic N) is 1. The number of sulfonamides is 2. The zero-order valence-electron chi connectivity index (χ0n) is 17.0. The summed E-state index contributed by atoms with van der Waals surface area (Å²) in [6.45, 7) is 0. The summed E-state index contributed by atoms with van der Waals surface area (Å²) < 4.78 is 49.6. The van der Waals surface area contributed by atoms with Crippen molar-refractivity contribution < 1.29 is 16.8 Å². The number of fused-ring (bicyclic) bond motifs is 7. The number of nitrogens with one attached hydrogen (secondary N) is 1. The van der Waals surface area contributed by atoms with Crippen LogP contribution in [-0.4, -0.2) is 29.3 Å². The van der Waals surface area contributed by atoms with Gasteiger partial charge in [0.2, 0.25) is 20.0 Å². The van der Waals surface area contributed by atoms with Gasteiger partial charge < -0.3 is 5.32 Å². The molecule has 2 aromatic rings. The highest BCUT2D eigenvalue weighted by atomic mass is 32.3. The number of anilines is 2. The zero-order valence-corrected chi connectivity index (χ0v) is 18.7. The van der Waals surface area contributed by atoms with E-state index in [2.05, 4.69) is 29.6 Å². The largest absolute Gasteiger partial charge is 0.378 e. The van der Waals surface area contributed by atoms with Gasteiger partial charge in [-0.1, -0.05) is 30.3 Å². The van der Waals surface area contributed by atoms with Crippen LogP contribution in [0, 0.1) is 17.8 Å². The summed E-state index contributed by atoms with van der Waals surface area (Å²) in [5.74, 6) is 1.94. The normalized spacial score (nSPS) is 29.7. The highest BCUT2D eigenvalue weighted by Crippen LogP contribution is 2.64. The fourth-order valence-corrected chi connectivity index (χ4v) is 9.17. The Balaban J connectivity index is 1.64. The van der Waals surface area contributed by atoms with Gasteiger partial charge in [-0.3, -0.25) is 0 Å². The number of benzene rings is 2. The molecule has 5 rings (SSSR count). The third-order valence-corrected chi connectivity index (χ3v) is 10.3. The van der Waals surface area contributed by atoms with E-state index in [1.165, 1.54) is 24.8 Å². The lowest BCUT2D eigenvalue weighted by Gasteiger charge is -2.44. The van der Waals surface area contributed by atoms with Crippen molar-refractivity contribution in [2.75, 3.05) is 21.5 Å². The molecule has 8 heteroatoms. The van der Waals surface area contributed by atoms with Crippen LogP contribution >= 0.6 is 0 Å². The molecule has 0 saturated heterocycles. The van der Waals surface area contributed by atoms with Crippen LogP contribution in [0.1, 0.15) is 42.3 Å². The van der Waals surface area contributed by atoms with Crippen LogP contribution in [-0.2, 0) is 20.0 Å². The van der Waals surface area contributed by atoms with Gasteiger partial charge in [0.1, 0.15) is 0 Å². The first-order valence-electron chi connectivity index (χ1n) is 10.3. The van der Waals surface area contributed by atoms with Crippen LogP contribution in [0.25, 0.3) is 0 Å². The van der Waals surface area contributed by atoms with Crippen LogP contribution in [0.3, 0.4) is 0 Å². The van der Waals surface area contributed by atoms with Crippen molar-refractivity contribution in [1.82, 2.24) is 0 Å². The molecule has 3 aliphatic rings. The lowest BCUT2D eigenvalue weighted by molar-refractivity contribution is 0.247. The van der Waals surface area contributed by atoms with Crippen LogP contribution in [0.4, 0.5) is 11.4 Å². The van der Waals surface area contributed by atoms with Crippen molar-refractivity contribution in [3.05, 3.63) is 59.7 Å². The molecule has 5 unspecified atom stereocenters. The van der Waals surface area contributed by atoms with Gasteiger partial charge in [0, 0.05) is 5.69 Å². The highest BCUT2D eigenvalue weighted by molar-refractivity contribution is 8.09. The van der Waals surface area contributed by atoms with Crippen molar-refractivity contribution in [2.24, 2.45) is 17.8 Å². The molecule has 2 fully saturated rings. The Hall–Kier alpha value is -2.06. The first-order chi connectivity index (χ1) is 14.1. The Labute approximate surface area is 178 Å². The molecule has 2 aromatic carbocycles. The molecule has 1 heterocycles. The van der Waals surface area contributed by atoms with Crippen molar-refractivity contribution in [2.45, 2.75) is 31.2 Å². The topological polar surface area (TPSA) is 83.6 Å². The zero-order chi connectivity index (χ0) is 21.3.